The minimum absolute atomic E-state index is 0.0234. The largest absolute Gasteiger partial charge is 0.396 e. The third-order valence-electron chi connectivity index (χ3n) is 3.96. The molecule has 3 rings (SSSR count). The molecule has 2 amide bonds. The number of rotatable bonds is 5. The van der Waals surface area contributed by atoms with Crippen LogP contribution in [0.25, 0.3) is 11.4 Å². The molecule has 7 heteroatoms. The summed E-state index contributed by atoms with van der Waals surface area (Å²) in [4.78, 5) is 16.3. The third-order valence-corrected chi connectivity index (χ3v) is 3.96. The van der Waals surface area contributed by atoms with E-state index in [4.69, 9.17) is 5.11 Å². The van der Waals surface area contributed by atoms with Gasteiger partial charge in [0.2, 0.25) is 0 Å². The summed E-state index contributed by atoms with van der Waals surface area (Å²) >= 11 is 0. The molecule has 7 nitrogen and oxygen atoms in total. The molecule has 0 bridgehead atoms. The number of hydrogen-bond donors (Lipinski definition) is 4. The molecule has 126 valence electrons. The number of hydrogen-bond acceptors (Lipinski definition) is 4. The monoisotopic (exact) mass is 327 g/mol. The van der Waals surface area contributed by atoms with Crippen molar-refractivity contribution in [3.05, 3.63) is 47.8 Å². The predicted molar refractivity (Wildman–Crippen MR) is 90.0 cm³/mol. The second kappa shape index (κ2) is 7.27. The summed E-state index contributed by atoms with van der Waals surface area (Å²) in [7, 11) is 0. The summed E-state index contributed by atoms with van der Waals surface area (Å²) in [6, 6.07) is 7.51. The number of aromatic nitrogens is 3. The van der Waals surface area contributed by atoms with E-state index in [2.05, 4.69) is 25.8 Å². The number of aliphatic hydroxyl groups excluding tert-OH is 1. The molecule has 24 heavy (non-hydrogen) atoms. The molecule has 0 spiro atoms. The molecule has 2 atom stereocenters. The lowest BCUT2D eigenvalue weighted by Gasteiger charge is -2.13. The zero-order valence-electron chi connectivity index (χ0n) is 13.5. The Morgan fingerprint density at radius 3 is 3.00 bits per heavy atom. The van der Waals surface area contributed by atoms with Crippen LogP contribution in [0, 0.1) is 12.8 Å². The van der Waals surface area contributed by atoms with Gasteiger partial charge in [-0.15, -0.1) is 0 Å². The summed E-state index contributed by atoms with van der Waals surface area (Å²) in [5.74, 6) is 1.54. The van der Waals surface area contributed by atoms with E-state index in [0.717, 1.165) is 23.4 Å². The van der Waals surface area contributed by atoms with Crippen LogP contribution in [0.2, 0.25) is 0 Å². The molecule has 0 fully saturated rings. The van der Waals surface area contributed by atoms with Crippen molar-refractivity contribution in [3.8, 4) is 11.4 Å². The first kappa shape index (κ1) is 16.2. The van der Waals surface area contributed by atoms with Crippen LogP contribution >= 0.6 is 0 Å². The Labute approximate surface area is 140 Å². The van der Waals surface area contributed by atoms with Gasteiger partial charge in [0.1, 0.15) is 5.82 Å². The molecule has 0 aliphatic heterocycles. The predicted octanol–water partition coefficient (Wildman–Crippen LogP) is 1.52. The Kier molecular flexibility index (Phi) is 4.90. The number of benzene rings is 1. The molecule has 4 N–H and O–H groups in total. The van der Waals surface area contributed by atoms with Crippen molar-refractivity contribution in [2.75, 3.05) is 6.61 Å². The van der Waals surface area contributed by atoms with Gasteiger partial charge >= 0.3 is 6.03 Å². The number of nitrogens with zero attached hydrogens (tertiary/aromatic N) is 2. The van der Waals surface area contributed by atoms with Gasteiger partial charge in [-0.3, -0.25) is 5.10 Å². The normalized spacial score (nSPS) is 19.4. The van der Waals surface area contributed by atoms with Crippen LogP contribution in [-0.2, 0) is 6.54 Å². The van der Waals surface area contributed by atoms with E-state index in [-0.39, 0.29) is 24.6 Å². The third kappa shape index (κ3) is 3.99. The second-order valence-electron chi connectivity index (χ2n) is 5.94. The van der Waals surface area contributed by atoms with Crippen molar-refractivity contribution in [2.45, 2.75) is 25.9 Å². The van der Waals surface area contributed by atoms with Crippen molar-refractivity contribution in [1.82, 2.24) is 25.8 Å². The number of H-pyrrole nitrogens is 1. The highest BCUT2D eigenvalue weighted by atomic mass is 16.3. The van der Waals surface area contributed by atoms with Crippen LogP contribution in [0.5, 0.6) is 0 Å². The molecule has 2 aromatic rings. The van der Waals surface area contributed by atoms with Crippen LogP contribution in [0.15, 0.2) is 36.4 Å². The topological polar surface area (TPSA) is 103 Å². The van der Waals surface area contributed by atoms with Gasteiger partial charge in [-0.1, -0.05) is 30.4 Å². The molecule has 0 unspecified atom stereocenters. The van der Waals surface area contributed by atoms with Gasteiger partial charge in [-0.2, -0.15) is 5.10 Å². The van der Waals surface area contributed by atoms with Gasteiger partial charge in [0.05, 0.1) is 0 Å². The maximum atomic E-state index is 12.0. The van der Waals surface area contributed by atoms with Crippen molar-refractivity contribution in [3.63, 3.8) is 0 Å². The zero-order chi connectivity index (χ0) is 16.9. The summed E-state index contributed by atoms with van der Waals surface area (Å²) < 4.78 is 0. The van der Waals surface area contributed by atoms with E-state index in [1.165, 1.54) is 0 Å². The molecule has 1 aliphatic rings. The van der Waals surface area contributed by atoms with Crippen molar-refractivity contribution >= 4 is 6.03 Å². The highest BCUT2D eigenvalue weighted by molar-refractivity contribution is 5.74. The van der Waals surface area contributed by atoms with Gasteiger partial charge in [0.15, 0.2) is 5.82 Å². The molecular formula is C17H21N5O2. The SMILES string of the molecule is Cc1nc(-c2cccc(CNC(=O)N[C@@H]3C=C[C@H](CO)C3)c2)n[nH]1. The second-order valence-corrected chi connectivity index (χ2v) is 5.94. The minimum atomic E-state index is -0.220. The van der Waals surface area contributed by atoms with Gasteiger partial charge in [-0.25, -0.2) is 9.78 Å². The smallest absolute Gasteiger partial charge is 0.315 e. The molecular weight excluding hydrogens is 306 g/mol. The van der Waals surface area contributed by atoms with E-state index in [0.29, 0.717) is 12.4 Å². The number of aryl methyl sites for hydroxylation is 1. The number of urea groups is 1. The highest BCUT2D eigenvalue weighted by Gasteiger charge is 2.19. The number of aliphatic hydroxyl groups is 1. The lowest BCUT2D eigenvalue weighted by atomic mass is 10.1. The fraction of sp³-hybridized carbons (Fsp3) is 0.353. The van der Waals surface area contributed by atoms with E-state index >= 15 is 0 Å². The fourth-order valence-electron chi connectivity index (χ4n) is 2.71. The molecule has 1 heterocycles. The Hall–Kier alpha value is -2.67. The lowest BCUT2D eigenvalue weighted by molar-refractivity contribution is 0.231. The number of nitrogens with one attached hydrogen (secondary N) is 3. The summed E-state index contributed by atoms with van der Waals surface area (Å²) in [5, 5.41) is 21.8. The first-order valence-corrected chi connectivity index (χ1v) is 7.96. The standard InChI is InChI=1S/C17H21N5O2/c1-11-19-16(22-21-11)14-4-2-3-12(7-14)9-18-17(24)20-15-6-5-13(8-15)10-23/h2-7,13,15,23H,8-10H2,1H3,(H2,18,20,24)(H,19,21,22)/t13-,15+/m0/s1. The van der Waals surface area contributed by atoms with E-state index in [1.54, 1.807) is 0 Å². The summed E-state index contributed by atoms with van der Waals surface area (Å²) in [6.07, 6.45) is 4.60. The number of amides is 2. The van der Waals surface area contributed by atoms with Gasteiger partial charge in [0, 0.05) is 30.7 Å². The maximum absolute atomic E-state index is 12.0. The van der Waals surface area contributed by atoms with E-state index in [1.807, 2.05) is 43.3 Å². The molecule has 0 radical (unpaired) electrons. The van der Waals surface area contributed by atoms with Crippen LogP contribution in [0.3, 0.4) is 0 Å². The van der Waals surface area contributed by atoms with Gasteiger partial charge < -0.3 is 15.7 Å². The number of carbonyl (C=O) groups is 1. The average Bonchev–Trinajstić information content (AvgIpc) is 3.22. The molecule has 1 aliphatic carbocycles. The summed E-state index contributed by atoms with van der Waals surface area (Å²) in [6.45, 7) is 2.39. The highest BCUT2D eigenvalue weighted by Crippen LogP contribution is 2.17. The van der Waals surface area contributed by atoms with Crippen molar-refractivity contribution in [2.24, 2.45) is 5.92 Å². The van der Waals surface area contributed by atoms with Crippen LogP contribution in [-0.4, -0.2) is 39.0 Å². The quantitative estimate of drug-likeness (QED) is 0.625. The van der Waals surface area contributed by atoms with Crippen molar-refractivity contribution < 1.29 is 9.90 Å². The number of carbonyl (C=O) groups excluding carboxylic acids is 1. The van der Waals surface area contributed by atoms with Crippen LogP contribution in [0.4, 0.5) is 4.79 Å². The molecule has 1 aromatic carbocycles. The van der Waals surface area contributed by atoms with Crippen molar-refractivity contribution in [1.29, 1.82) is 0 Å². The fourth-order valence-corrected chi connectivity index (χ4v) is 2.71. The Morgan fingerprint density at radius 2 is 2.29 bits per heavy atom. The number of aromatic amines is 1. The Morgan fingerprint density at radius 1 is 1.42 bits per heavy atom. The zero-order valence-corrected chi connectivity index (χ0v) is 13.5. The van der Waals surface area contributed by atoms with E-state index < -0.39 is 0 Å². The first-order chi connectivity index (χ1) is 11.6. The van der Waals surface area contributed by atoms with E-state index in [9.17, 15) is 4.79 Å². The average molecular weight is 327 g/mol. The van der Waals surface area contributed by atoms with Gasteiger partial charge in [0.25, 0.3) is 0 Å². The van der Waals surface area contributed by atoms with Crippen LogP contribution < -0.4 is 10.6 Å². The molecule has 0 saturated heterocycles. The molecule has 0 saturated carbocycles. The lowest BCUT2D eigenvalue weighted by Crippen LogP contribution is -2.40. The summed E-state index contributed by atoms with van der Waals surface area (Å²) in [5.41, 5.74) is 1.88. The minimum Gasteiger partial charge on any atom is -0.396 e. The molecule has 1 aromatic heterocycles. The van der Waals surface area contributed by atoms with Gasteiger partial charge in [-0.05, 0) is 25.0 Å². The Balaban J connectivity index is 1.53. The Bertz CT molecular complexity index is 740. The van der Waals surface area contributed by atoms with Crippen LogP contribution in [0.1, 0.15) is 17.8 Å². The maximum Gasteiger partial charge on any atom is 0.315 e. The first-order valence-electron chi connectivity index (χ1n) is 7.96.